The molecule has 0 atom stereocenters. The molecule has 2 aromatic carbocycles. The van der Waals surface area contributed by atoms with Crippen LogP contribution in [0.2, 0.25) is 0 Å². The summed E-state index contributed by atoms with van der Waals surface area (Å²) in [7, 11) is 0. The van der Waals surface area contributed by atoms with E-state index in [0.29, 0.717) is 5.92 Å². The van der Waals surface area contributed by atoms with Crippen LogP contribution in [0.5, 0.6) is 5.75 Å². The first-order valence-electron chi connectivity index (χ1n) is 10.8. The van der Waals surface area contributed by atoms with Crippen LogP contribution >= 0.6 is 0 Å². The van der Waals surface area contributed by atoms with E-state index in [2.05, 4.69) is 59.7 Å². The van der Waals surface area contributed by atoms with Gasteiger partial charge in [0.2, 0.25) is 0 Å². The Bertz CT molecular complexity index is 876. The van der Waals surface area contributed by atoms with E-state index in [1.165, 1.54) is 65.9 Å². The first kappa shape index (κ1) is 17.7. The van der Waals surface area contributed by atoms with Crippen LogP contribution in [0.15, 0.2) is 43.0 Å². The highest BCUT2D eigenvalue weighted by molar-refractivity contribution is 5.79. The van der Waals surface area contributed by atoms with Gasteiger partial charge in [0.25, 0.3) is 0 Å². The number of fused-ring (bicyclic) bond motifs is 1. The summed E-state index contributed by atoms with van der Waals surface area (Å²) in [6.07, 6.45) is 6.44. The number of hydrogen-bond acceptors (Lipinski definition) is 3. The molecule has 1 saturated heterocycles. The van der Waals surface area contributed by atoms with Crippen LogP contribution in [0, 0.1) is 6.92 Å². The zero-order valence-corrected chi connectivity index (χ0v) is 16.9. The molecule has 3 heteroatoms. The summed E-state index contributed by atoms with van der Waals surface area (Å²) in [5, 5.41) is 0. The van der Waals surface area contributed by atoms with E-state index in [1.54, 1.807) is 0 Å². The molecule has 0 spiro atoms. The minimum atomic E-state index is 0.629. The number of ether oxygens (including phenoxy) is 1. The maximum absolute atomic E-state index is 6.31. The molecule has 3 aliphatic rings. The van der Waals surface area contributed by atoms with E-state index in [0.717, 1.165) is 32.0 Å². The van der Waals surface area contributed by atoms with E-state index >= 15 is 0 Å². The molecule has 0 amide bonds. The molecule has 0 aromatic heterocycles. The molecule has 0 N–H and O–H groups in total. The molecule has 5 rings (SSSR count). The van der Waals surface area contributed by atoms with Crippen molar-refractivity contribution in [2.45, 2.75) is 44.9 Å². The highest BCUT2D eigenvalue weighted by Gasteiger charge is 2.35. The third-order valence-corrected chi connectivity index (χ3v) is 6.41. The van der Waals surface area contributed by atoms with Crippen molar-refractivity contribution in [1.82, 2.24) is 4.90 Å². The molecule has 2 aromatic rings. The Balaban J connectivity index is 1.55. The lowest BCUT2D eigenvalue weighted by atomic mass is 9.96. The third-order valence-electron chi connectivity index (χ3n) is 6.41. The fraction of sp³-hybridized carbons (Fsp3) is 0.440. The quantitative estimate of drug-likeness (QED) is 0.667. The molecule has 2 fully saturated rings. The standard InChI is InChI=1S/C25H30N2O/c1-18-6-10-21(11-7-18)27-16-17-28-25-23(27)13-12-22(24(25)20-8-9-20)19(2)26-14-4-3-5-15-26/h6-7,10-13,20H,2-5,8-9,14-17H2,1H3. The van der Waals surface area contributed by atoms with E-state index in [1.807, 2.05) is 0 Å². The van der Waals surface area contributed by atoms with Crippen LogP contribution in [0.1, 0.15) is 54.7 Å². The Hall–Kier alpha value is -2.42. The smallest absolute Gasteiger partial charge is 0.147 e. The predicted octanol–water partition coefficient (Wildman–Crippen LogP) is 5.86. The number of aryl methyl sites for hydroxylation is 1. The van der Waals surface area contributed by atoms with Gasteiger partial charge in [0.1, 0.15) is 12.4 Å². The highest BCUT2D eigenvalue weighted by atomic mass is 16.5. The van der Waals surface area contributed by atoms with E-state index in [9.17, 15) is 0 Å². The first-order chi connectivity index (χ1) is 13.7. The van der Waals surface area contributed by atoms with E-state index in [-0.39, 0.29) is 0 Å². The molecule has 2 heterocycles. The van der Waals surface area contributed by atoms with E-state index < -0.39 is 0 Å². The molecular weight excluding hydrogens is 344 g/mol. The highest BCUT2D eigenvalue weighted by Crippen LogP contribution is 2.52. The van der Waals surface area contributed by atoms with Crippen molar-refractivity contribution >= 4 is 17.1 Å². The number of piperidine rings is 1. The Morgan fingerprint density at radius 1 is 0.964 bits per heavy atom. The average molecular weight is 375 g/mol. The second-order valence-corrected chi connectivity index (χ2v) is 8.48. The van der Waals surface area contributed by atoms with Crippen molar-refractivity contribution in [3.63, 3.8) is 0 Å². The predicted molar refractivity (Wildman–Crippen MR) is 117 cm³/mol. The number of hydrogen-bond donors (Lipinski definition) is 0. The monoisotopic (exact) mass is 374 g/mol. The number of nitrogens with zero attached hydrogens (tertiary/aromatic N) is 2. The topological polar surface area (TPSA) is 15.7 Å². The molecule has 0 radical (unpaired) electrons. The lowest BCUT2D eigenvalue weighted by Gasteiger charge is -2.35. The summed E-state index contributed by atoms with van der Waals surface area (Å²) < 4.78 is 6.31. The molecule has 3 nitrogen and oxygen atoms in total. The van der Waals surface area contributed by atoms with Gasteiger partial charge in [0.15, 0.2) is 0 Å². The second-order valence-electron chi connectivity index (χ2n) is 8.48. The van der Waals surface area contributed by atoms with Crippen molar-refractivity contribution in [2.24, 2.45) is 0 Å². The van der Waals surface area contributed by atoms with Gasteiger partial charge in [-0.1, -0.05) is 30.3 Å². The van der Waals surface area contributed by atoms with Gasteiger partial charge in [-0.05, 0) is 63.1 Å². The summed E-state index contributed by atoms with van der Waals surface area (Å²) in [5.74, 6) is 1.73. The third kappa shape index (κ3) is 3.17. The lowest BCUT2D eigenvalue weighted by molar-refractivity contribution is 0.309. The molecule has 0 bridgehead atoms. The van der Waals surface area contributed by atoms with Gasteiger partial charge >= 0.3 is 0 Å². The summed E-state index contributed by atoms with van der Waals surface area (Å²) in [4.78, 5) is 4.90. The molecule has 0 unspecified atom stereocenters. The number of rotatable bonds is 4. The SMILES string of the molecule is C=C(c1ccc2c(c1C1CC1)OCCN2c1ccc(C)cc1)N1CCCCC1. The first-order valence-corrected chi connectivity index (χ1v) is 10.8. The molecule has 2 aliphatic heterocycles. The minimum Gasteiger partial charge on any atom is -0.489 e. The minimum absolute atomic E-state index is 0.629. The largest absolute Gasteiger partial charge is 0.489 e. The molecule has 1 saturated carbocycles. The second kappa shape index (κ2) is 7.20. The number of likely N-dealkylation sites (tertiary alicyclic amines) is 1. The van der Waals surface area contributed by atoms with Gasteiger partial charge in [-0.3, -0.25) is 0 Å². The van der Waals surface area contributed by atoms with Crippen molar-refractivity contribution in [3.8, 4) is 5.75 Å². The van der Waals surface area contributed by atoms with Gasteiger partial charge < -0.3 is 14.5 Å². The van der Waals surface area contributed by atoms with Crippen LogP contribution in [0.3, 0.4) is 0 Å². The maximum Gasteiger partial charge on any atom is 0.147 e. The summed E-state index contributed by atoms with van der Waals surface area (Å²) in [5.41, 5.74) is 7.68. The van der Waals surface area contributed by atoms with Crippen molar-refractivity contribution in [3.05, 3.63) is 59.7 Å². The average Bonchev–Trinajstić information content (AvgIpc) is 3.58. The summed E-state index contributed by atoms with van der Waals surface area (Å²) in [6.45, 7) is 10.6. The maximum atomic E-state index is 6.31. The number of benzene rings is 2. The Morgan fingerprint density at radius 2 is 1.71 bits per heavy atom. The zero-order valence-electron chi connectivity index (χ0n) is 16.9. The van der Waals surface area contributed by atoms with Crippen molar-refractivity contribution in [2.75, 3.05) is 31.1 Å². The van der Waals surface area contributed by atoms with Crippen LogP contribution < -0.4 is 9.64 Å². The Kier molecular flexibility index (Phi) is 4.54. The van der Waals surface area contributed by atoms with Crippen LogP contribution in [-0.4, -0.2) is 31.1 Å². The van der Waals surface area contributed by atoms with Crippen LogP contribution in [0.25, 0.3) is 5.70 Å². The molecule has 28 heavy (non-hydrogen) atoms. The van der Waals surface area contributed by atoms with E-state index in [4.69, 9.17) is 4.74 Å². The molecule has 146 valence electrons. The molecule has 1 aliphatic carbocycles. The van der Waals surface area contributed by atoms with Gasteiger partial charge in [0.05, 0.1) is 12.2 Å². The molecular formula is C25H30N2O. The fourth-order valence-electron chi connectivity index (χ4n) is 4.67. The summed E-state index contributed by atoms with van der Waals surface area (Å²) >= 11 is 0. The van der Waals surface area contributed by atoms with Crippen molar-refractivity contribution < 1.29 is 4.74 Å². The normalized spacial score (nSPS) is 19.2. The fourth-order valence-corrected chi connectivity index (χ4v) is 4.67. The van der Waals surface area contributed by atoms with Gasteiger partial charge in [0, 0.05) is 35.6 Å². The summed E-state index contributed by atoms with van der Waals surface area (Å²) in [6, 6.07) is 13.4. The Labute approximate surface area is 168 Å². The number of anilines is 2. The Morgan fingerprint density at radius 3 is 2.43 bits per heavy atom. The van der Waals surface area contributed by atoms with Gasteiger partial charge in [-0.15, -0.1) is 0 Å². The van der Waals surface area contributed by atoms with Crippen molar-refractivity contribution in [1.29, 1.82) is 0 Å². The van der Waals surface area contributed by atoms with Gasteiger partial charge in [-0.2, -0.15) is 0 Å². The van der Waals surface area contributed by atoms with Gasteiger partial charge in [-0.25, -0.2) is 0 Å². The lowest BCUT2D eigenvalue weighted by Crippen LogP contribution is -2.30. The van der Waals surface area contributed by atoms with Crippen LogP contribution in [-0.2, 0) is 0 Å². The van der Waals surface area contributed by atoms with Crippen LogP contribution in [0.4, 0.5) is 11.4 Å². The zero-order chi connectivity index (χ0) is 19.1.